The Morgan fingerprint density at radius 3 is 2.44 bits per heavy atom. The quantitative estimate of drug-likeness (QED) is 0.264. The fourth-order valence-corrected chi connectivity index (χ4v) is 6.43. The highest BCUT2D eigenvalue weighted by molar-refractivity contribution is 9.11. The van der Waals surface area contributed by atoms with Gasteiger partial charge < -0.3 is 43.7 Å². The summed E-state index contributed by atoms with van der Waals surface area (Å²) < 4.78 is 35.4. The minimum Gasteiger partial charge on any atom is -0.459 e. The van der Waals surface area contributed by atoms with Gasteiger partial charge >= 0.3 is 5.97 Å². The number of halogens is 1. The molecule has 0 amide bonds. The van der Waals surface area contributed by atoms with E-state index < -0.39 is 72.8 Å². The molecule has 0 spiro atoms. The van der Waals surface area contributed by atoms with Crippen LogP contribution in [0.5, 0.6) is 0 Å². The lowest BCUT2D eigenvalue weighted by molar-refractivity contribution is -0.346. The summed E-state index contributed by atoms with van der Waals surface area (Å²) in [6.07, 6.45) is 2.49. The zero-order valence-electron chi connectivity index (χ0n) is 25.1. The Labute approximate surface area is 252 Å². The number of esters is 1. The van der Waals surface area contributed by atoms with E-state index >= 15 is 0 Å². The molecule has 0 saturated carbocycles. The Hall–Kier alpha value is -0.890. The number of methoxy groups -OCH3 is 2. The second-order valence-corrected chi connectivity index (χ2v) is 12.7. The van der Waals surface area contributed by atoms with Crippen LogP contribution in [-0.4, -0.2) is 95.9 Å². The van der Waals surface area contributed by atoms with Crippen molar-refractivity contribution >= 4 is 21.9 Å². The molecule has 3 saturated heterocycles. The first-order valence-corrected chi connectivity index (χ1v) is 15.5. The van der Waals surface area contributed by atoms with Gasteiger partial charge in [-0.15, -0.1) is 0 Å². The van der Waals surface area contributed by atoms with Crippen LogP contribution in [0, 0.1) is 11.8 Å². The lowest BCUT2D eigenvalue weighted by atomic mass is 9.81. The molecule has 0 radical (unpaired) electrons. The van der Waals surface area contributed by atoms with Crippen LogP contribution in [0.25, 0.3) is 0 Å². The summed E-state index contributed by atoms with van der Waals surface area (Å²) in [5.41, 5.74) is -0.927. The molecule has 3 rings (SSSR count). The maximum Gasteiger partial charge on any atom is 0.311 e. The molecule has 0 aliphatic carbocycles. The summed E-state index contributed by atoms with van der Waals surface area (Å²) in [7, 11) is 3.03. The van der Waals surface area contributed by atoms with E-state index in [0.29, 0.717) is 32.1 Å². The average Bonchev–Trinajstić information content (AvgIpc) is 2.90. The van der Waals surface area contributed by atoms with E-state index in [1.165, 1.54) is 14.2 Å². The summed E-state index contributed by atoms with van der Waals surface area (Å²) in [6, 6.07) is 0. The van der Waals surface area contributed by atoms with Gasteiger partial charge in [-0.1, -0.05) is 48.0 Å². The predicted octanol–water partition coefficient (Wildman–Crippen LogP) is 3.74. The average molecular weight is 650 g/mol. The van der Waals surface area contributed by atoms with Gasteiger partial charge in [0.05, 0.1) is 30.8 Å². The molecule has 10 nitrogen and oxygen atoms in total. The molecule has 2 bridgehead atoms. The predicted molar refractivity (Wildman–Crippen MR) is 155 cm³/mol. The van der Waals surface area contributed by atoms with Crippen molar-refractivity contribution in [3.8, 4) is 0 Å². The summed E-state index contributed by atoms with van der Waals surface area (Å²) in [5.74, 6) is -2.74. The number of ether oxygens (including phenoxy) is 6. The minimum absolute atomic E-state index is 0.0113. The van der Waals surface area contributed by atoms with Crippen LogP contribution in [0.15, 0.2) is 23.2 Å². The highest BCUT2D eigenvalue weighted by Crippen LogP contribution is 2.41. The first-order chi connectivity index (χ1) is 19.3. The van der Waals surface area contributed by atoms with Crippen LogP contribution in [0.2, 0.25) is 0 Å². The van der Waals surface area contributed by atoms with Gasteiger partial charge in [0.15, 0.2) is 12.1 Å². The van der Waals surface area contributed by atoms with E-state index in [-0.39, 0.29) is 18.3 Å². The minimum atomic E-state index is -1.83. The molecule has 3 heterocycles. The number of aliphatic hydroxyl groups is 3. The number of allylic oxidation sites excluding steroid dienone is 3. The number of hydrogen-bond donors (Lipinski definition) is 3. The normalized spacial score (nSPS) is 44.9. The van der Waals surface area contributed by atoms with Crippen molar-refractivity contribution in [2.75, 3.05) is 14.2 Å². The first-order valence-electron chi connectivity index (χ1n) is 14.6. The van der Waals surface area contributed by atoms with Crippen molar-refractivity contribution in [2.24, 2.45) is 11.8 Å². The molecule has 236 valence electrons. The summed E-state index contributed by atoms with van der Waals surface area (Å²) in [5, 5.41) is 33.7. The molecule has 41 heavy (non-hydrogen) atoms. The van der Waals surface area contributed by atoms with Gasteiger partial charge in [-0.25, -0.2) is 0 Å². The summed E-state index contributed by atoms with van der Waals surface area (Å²) in [4.78, 5) is 15.0. The van der Waals surface area contributed by atoms with Gasteiger partial charge in [-0.2, -0.15) is 0 Å². The highest BCUT2D eigenvalue weighted by atomic mass is 79.9. The first kappa shape index (κ1) is 34.6. The fourth-order valence-electron chi connectivity index (χ4n) is 6.25. The third kappa shape index (κ3) is 9.06. The molecule has 3 N–H and O–H groups in total. The van der Waals surface area contributed by atoms with Crippen molar-refractivity contribution in [3.05, 3.63) is 23.2 Å². The molecular weight excluding hydrogens is 600 g/mol. The monoisotopic (exact) mass is 648 g/mol. The summed E-state index contributed by atoms with van der Waals surface area (Å²) in [6.45, 7) is 7.57. The maximum atomic E-state index is 13.3. The number of hydrogen-bond acceptors (Lipinski definition) is 10. The van der Waals surface area contributed by atoms with Crippen molar-refractivity contribution in [1.29, 1.82) is 0 Å². The van der Waals surface area contributed by atoms with E-state index in [0.717, 1.165) is 0 Å². The van der Waals surface area contributed by atoms with Crippen LogP contribution < -0.4 is 0 Å². The molecule has 0 aromatic carbocycles. The van der Waals surface area contributed by atoms with Crippen LogP contribution in [-0.2, 0) is 33.2 Å². The molecule has 11 heteroatoms. The molecule has 0 aromatic heterocycles. The largest absolute Gasteiger partial charge is 0.459 e. The summed E-state index contributed by atoms with van der Waals surface area (Å²) >= 11 is 3.23. The van der Waals surface area contributed by atoms with E-state index in [1.807, 2.05) is 45.9 Å². The Kier molecular flexibility index (Phi) is 12.8. The van der Waals surface area contributed by atoms with Crippen molar-refractivity contribution in [2.45, 2.75) is 133 Å². The molecule has 0 aromatic rings. The molecule has 3 aliphatic rings. The number of cyclic esters (lactones) is 1. The van der Waals surface area contributed by atoms with Crippen LogP contribution >= 0.6 is 15.9 Å². The number of fused-ring (bicyclic) bond motifs is 2. The molecule has 3 aliphatic heterocycles. The second-order valence-electron chi connectivity index (χ2n) is 12.2. The topological polar surface area (TPSA) is 133 Å². The lowest BCUT2D eigenvalue weighted by Crippen LogP contribution is -2.61. The highest BCUT2D eigenvalue weighted by Gasteiger charge is 2.51. The van der Waals surface area contributed by atoms with E-state index in [1.54, 1.807) is 4.99 Å². The number of aliphatic hydroxyl groups excluding tert-OH is 2. The maximum absolute atomic E-state index is 13.3. The SMILES string of the molecule is CO[C@@H]1[C@@H](OC)[C@@H](O)[C@H](O[C@H]2C[C@]3(O)CC(=O)O[C@](C)(CC/C=C/C=C/Br)C[C@@H](O)[C@H](C)CCC(O3)[C@@H]2C)O[C@H]1C. The van der Waals surface area contributed by atoms with Crippen molar-refractivity contribution < 1.29 is 48.5 Å². The smallest absolute Gasteiger partial charge is 0.311 e. The number of rotatable bonds is 8. The zero-order chi connectivity index (χ0) is 30.4. The Morgan fingerprint density at radius 2 is 1.78 bits per heavy atom. The van der Waals surface area contributed by atoms with Gasteiger partial charge in [0.25, 0.3) is 0 Å². The Bertz CT molecular complexity index is 900. The van der Waals surface area contributed by atoms with Gasteiger partial charge in [-0.05, 0) is 50.4 Å². The molecule has 12 atom stereocenters. The number of carbonyl (C=O) groups excluding carboxylic acids is 1. The van der Waals surface area contributed by atoms with Gasteiger partial charge in [0.2, 0.25) is 0 Å². The van der Waals surface area contributed by atoms with Gasteiger partial charge in [-0.3, -0.25) is 4.79 Å². The molecule has 1 unspecified atom stereocenters. The standard InChI is InChI=1S/C30H49BrO10/c1-18-11-12-22-19(2)23(39-28-25(34)27(37-6)26(36-5)20(3)38-28)16-30(35,40-22)17-24(33)41-29(4,15-21(18)32)13-9-7-8-10-14-31/h7-8,10,14,18-23,25-28,32,34-35H,9,11-13,15-17H2,1-6H3/b8-7+,14-10+/t18-,19+,20+,21-,22?,23+,25-,26+,27+,28+,29-,30-/m1/s1. The lowest BCUT2D eigenvalue weighted by Gasteiger charge is -2.48. The van der Waals surface area contributed by atoms with Crippen LogP contribution in [0.3, 0.4) is 0 Å². The van der Waals surface area contributed by atoms with Crippen LogP contribution in [0.1, 0.15) is 72.6 Å². The number of carbonyl (C=O) groups is 1. The van der Waals surface area contributed by atoms with E-state index in [4.69, 9.17) is 28.4 Å². The van der Waals surface area contributed by atoms with Gasteiger partial charge in [0, 0.05) is 33.0 Å². The van der Waals surface area contributed by atoms with Crippen molar-refractivity contribution in [3.63, 3.8) is 0 Å². The molecular formula is C30H49BrO10. The Morgan fingerprint density at radius 1 is 1.07 bits per heavy atom. The fraction of sp³-hybridized carbons (Fsp3) is 0.833. The third-order valence-corrected chi connectivity index (χ3v) is 9.12. The van der Waals surface area contributed by atoms with E-state index in [9.17, 15) is 20.1 Å². The van der Waals surface area contributed by atoms with Crippen molar-refractivity contribution in [1.82, 2.24) is 0 Å². The zero-order valence-corrected chi connectivity index (χ0v) is 26.7. The Balaban J connectivity index is 1.81. The molecule has 3 fully saturated rings. The second kappa shape index (κ2) is 15.2. The van der Waals surface area contributed by atoms with Crippen LogP contribution in [0.4, 0.5) is 0 Å². The van der Waals surface area contributed by atoms with Gasteiger partial charge in [0.1, 0.15) is 23.9 Å². The third-order valence-electron chi connectivity index (χ3n) is 8.81. The van der Waals surface area contributed by atoms with E-state index in [2.05, 4.69) is 15.9 Å².